The zero-order chi connectivity index (χ0) is 16.3. The van der Waals surface area contributed by atoms with E-state index in [0.717, 1.165) is 31.5 Å². The van der Waals surface area contributed by atoms with Crippen LogP contribution in [0.4, 0.5) is 4.39 Å². The number of piperidine rings is 1. The number of ether oxygens (including phenoxy) is 1. The highest BCUT2D eigenvalue weighted by Crippen LogP contribution is 2.37. The number of likely N-dealkylation sites (tertiary alicyclic amines) is 1. The number of carbonyl (C=O) groups excluding carboxylic acids is 1. The van der Waals surface area contributed by atoms with Crippen molar-refractivity contribution >= 4 is 5.91 Å². The Balaban J connectivity index is 1.90. The fourth-order valence-electron chi connectivity index (χ4n) is 3.83. The fourth-order valence-corrected chi connectivity index (χ4v) is 3.83. The monoisotopic (exact) mass is 320 g/mol. The first-order valence-corrected chi connectivity index (χ1v) is 8.46. The molecule has 5 heteroatoms. The van der Waals surface area contributed by atoms with Gasteiger partial charge < -0.3 is 15.0 Å². The summed E-state index contributed by atoms with van der Waals surface area (Å²) in [6.07, 6.45) is 3.34. The molecule has 4 nitrogen and oxygen atoms in total. The van der Waals surface area contributed by atoms with Crippen LogP contribution in [0.5, 0.6) is 0 Å². The second-order valence-corrected chi connectivity index (χ2v) is 6.58. The number of benzene rings is 1. The van der Waals surface area contributed by atoms with E-state index in [9.17, 15) is 9.18 Å². The van der Waals surface area contributed by atoms with E-state index in [0.29, 0.717) is 32.1 Å². The molecule has 0 spiro atoms. The van der Waals surface area contributed by atoms with Crippen molar-refractivity contribution in [2.45, 2.75) is 37.1 Å². The van der Waals surface area contributed by atoms with Crippen molar-refractivity contribution in [1.82, 2.24) is 10.2 Å². The molecule has 1 amide bonds. The molecule has 0 aliphatic carbocycles. The van der Waals surface area contributed by atoms with Gasteiger partial charge in [0.25, 0.3) is 0 Å². The van der Waals surface area contributed by atoms with E-state index >= 15 is 0 Å². The number of hydrogen-bond acceptors (Lipinski definition) is 3. The molecule has 2 heterocycles. The van der Waals surface area contributed by atoms with Crippen LogP contribution in [-0.2, 0) is 14.9 Å². The summed E-state index contributed by atoms with van der Waals surface area (Å²) in [4.78, 5) is 15.3. The molecule has 23 heavy (non-hydrogen) atoms. The number of carbonyl (C=O) groups is 1. The summed E-state index contributed by atoms with van der Waals surface area (Å²) in [7, 11) is 1.94. The van der Waals surface area contributed by atoms with Gasteiger partial charge in [-0.25, -0.2) is 4.39 Å². The Morgan fingerprint density at radius 2 is 2.17 bits per heavy atom. The minimum atomic E-state index is -0.643. The van der Waals surface area contributed by atoms with Crippen molar-refractivity contribution in [2.24, 2.45) is 0 Å². The van der Waals surface area contributed by atoms with Gasteiger partial charge in [0.05, 0.1) is 5.41 Å². The average molecular weight is 320 g/mol. The van der Waals surface area contributed by atoms with Crippen LogP contribution >= 0.6 is 0 Å². The Morgan fingerprint density at radius 3 is 2.87 bits per heavy atom. The van der Waals surface area contributed by atoms with Crippen molar-refractivity contribution in [3.63, 3.8) is 0 Å². The highest BCUT2D eigenvalue weighted by molar-refractivity contribution is 5.88. The molecule has 2 saturated heterocycles. The van der Waals surface area contributed by atoms with E-state index < -0.39 is 5.41 Å². The van der Waals surface area contributed by atoms with Crippen LogP contribution in [0.2, 0.25) is 0 Å². The van der Waals surface area contributed by atoms with E-state index in [1.165, 1.54) is 12.1 Å². The second-order valence-electron chi connectivity index (χ2n) is 6.58. The number of hydrogen-bond donors (Lipinski definition) is 1. The smallest absolute Gasteiger partial charge is 0.233 e. The number of nitrogens with zero attached hydrogens (tertiary/aromatic N) is 1. The first-order chi connectivity index (χ1) is 11.2. The predicted molar refractivity (Wildman–Crippen MR) is 86.8 cm³/mol. The molecule has 2 aliphatic rings. The Hall–Kier alpha value is -1.46. The number of halogens is 1. The Labute approximate surface area is 137 Å². The molecule has 126 valence electrons. The fraction of sp³-hybridized carbons (Fsp3) is 0.611. The third kappa shape index (κ3) is 3.26. The van der Waals surface area contributed by atoms with Crippen molar-refractivity contribution < 1.29 is 13.9 Å². The standard InChI is InChI=1S/C18H25FN2O2/c1-20-16-6-3-9-21(13-16)17(22)18(7-10-23-11-8-18)14-4-2-5-15(19)12-14/h2,4-5,12,16,20H,3,6-11,13H2,1H3. The molecule has 1 aromatic carbocycles. The summed E-state index contributed by atoms with van der Waals surface area (Å²) >= 11 is 0. The van der Waals surface area contributed by atoms with Gasteiger partial charge in [-0.15, -0.1) is 0 Å². The van der Waals surface area contributed by atoms with Crippen molar-refractivity contribution in [2.75, 3.05) is 33.4 Å². The maximum absolute atomic E-state index is 13.7. The maximum Gasteiger partial charge on any atom is 0.233 e. The number of likely N-dealkylation sites (N-methyl/N-ethyl adjacent to an activating group) is 1. The molecule has 0 bridgehead atoms. The van der Waals surface area contributed by atoms with Gasteiger partial charge in [-0.05, 0) is 50.4 Å². The topological polar surface area (TPSA) is 41.6 Å². The SMILES string of the molecule is CNC1CCCN(C(=O)C2(c3cccc(F)c3)CCOCC2)C1. The molecule has 1 unspecified atom stereocenters. The Bertz CT molecular complexity index is 558. The molecule has 1 N–H and O–H groups in total. The lowest BCUT2D eigenvalue weighted by molar-refractivity contribution is -0.142. The maximum atomic E-state index is 13.7. The van der Waals surface area contributed by atoms with Crippen molar-refractivity contribution in [3.8, 4) is 0 Å². The van der Waals surface area contributed by atoms with Crippen LogP contribution in [0.3, 0.4) is 0 Å². The highest BCUT2D eigenvalue weighted by Gasteiger charge is 2.44. The van der Waals surface area contributed by atoms with E-state index in [4.69, 9.17) is 4.74 Å². The minimum Gasteiger partial charge on any atom is -0.381 e. The van der Waals surface area contributed by atoms with Gasteiger partial charge in [0.2, 0.25) is 5.91 Å². The zero-order valence-electron chi connectivity index (χ0n) is 13.7. The van der Waals surface area contributed by atoms with E-state index in [1.54, 1.807) is 6.07 Å². The number of rotatable bonds is 3. The van der Waals surface area contributed by atoms with Gasteiger partial charge in [-0.2, -0.15) is 0 Å². The molecular formula is C18H25FN2O2. The number of nitrogens with one attached hydrogen (secondary N) is 1. The minimum absolute atomic E-state index is 0.131. The predicted octanol–water partition coefficient (Wildman–Crippen LogP) is 2.08. The Morgan fingerprint density at radius 1 is 1.39 bits per heavy atom. The van der Waals surface area contributed by atoms with E-state index in [-0.39, 0.29) is 11.7 Å². The molecule has 2 fully saturated rings. The summed E-state index contributed by atoms with van der Waals surface area (Å²) < 4.78 is 19.2. The van der Waals surface area contributed by atoms with E-state index in [2.05, 4.69) is 5.32 Å². The third-order valence-electron chi connectivity index (χ3n) is 5.25. The lowest BCUT2D eigenvalue weighted by Crippen LogP contribution is -2.55. The normalized spacial score (nSPS) is 24.4. The van der Waals surface area contributed by atoms with Gasteiger partial charge in [0.1, 0.15) is 5.82 Å². The largest absolute Gasteiger partial charge is 0.381 e. The number of amides is 1. The van der Waals surface area contributed by atoms with Crippen molar-refractivity contribution in [3.05, 3.63) is 35.6 Å². The molecule has 0 aromatic heterocycles. The molecule has 1 aromatic rings. The molecular weight excluding hydrogens is 295 g/mol. The molecule has 3 rings (SSSR count). The van der Waals surface area contributed by atoms with Gasteiger partial charge in [0.15, 0.2) is 0 Å². The lowest BCUT2D eigenvalue weighted by atomic mass is 9.72. The quantitative estimate of drug-likeness (QED) is 0.927. The van der Waals surface area contributed by atoms with Gasteiger partial charge >= 0.3 is 0 Å². The van der Waals surface area contributed by atoms with E-state index in [1.807, 2.05) is 18.0 Å². The molecule has 0 radical (unpaired) electrons. The average Bonchev–Trinajstić information content (AvgIpc) is 2.61. The van der Waals surface area contributed by atoms with Crippen LogP contribution in [0.15, 0.2) is 24.3 Å². The van der Waals surface area contributed by atoms with Gasteiger partial charge in [-0.3, -0.25) is 4.79 Å². The second kappa shape index (κ2) is 6.97. The summed E-state index contributed by atoms with van der Waals surface area (Å²) in [6, 6.07) is 6.87. The van der Waals surface area contributed by atoms with Crippen LogP contribution < -0.4 is 5.32 Å². The van der Waals surface area contributed by atoms with Crippen LogP contribution in [-0.4, -0.2) is 50.2 Å². The van der Waals surface area contributed by atoms with Gasteiger partial charge in [0, 0.05) is 32.3 Å². The molecule has 2 aliphatic heterocycles. The summed E-state index contributed by atoms with van der Waals surface area (Å²) in [5, 5.41) is 3.27. The Kier molecular flexibility index (Phi) is 4.97. The first-order valence-electron chi connectivity index (χ1n) is 8.46. The van der Waals surface area contributed by atoms with Crippen molar-refractivity contribution in [1.29, 1.82) is 0 Å². The van der Waals surface area contributed by atoms with Crippen LogP contribution in [0.1, 0.15) is 31.2 Å². The highest BCUT2D eigenvalue weighted by atomic mass is 19.1. The summed E-state index contributed by atoms with van der Waals surface area (Å²) in [5.74, 6) is -0.153. The lowest BCUT2D eigenvalue weighted by Gasteiger charge is -2.42. The third-order valence-corrected chi connectivity index (χ3v) is 5.25. The molecule has 0 saturated carbocycles. The summed E-state index contributed by atoms with van der Waals surface area (Å²) in [5.41, 5.74) is 0.146. The van der Waals surface area contributed by atoms with Crippen LogP contribution in [0, 0.1) is 5.82 Å². The van der Waals surface area contributed by atoms with Gasteiger partial charge in [-0.1, -0.05) is 12.1 Å². The van der Waals surface area contributed by atoms with Crippen LogP contribution in [0.25, 0.3) is 0 Å². The zero-order valence-corrected chi connectivity index (χ0v) is 13.7. The molecule has 1 atom stereocenters. The first kappa shape index (κ1) is 16.4. The summed E-state index contributed by atoms with van der Waals surface area (Å²) in [6.45, 7) is 2.61.